The van der Waals surface area contributed by atoms with Gasteiger partial charge in [0.1, 0.15) is 16.2 Å². The number of esters is 1. The molecule has 136 valence electrons. The number of aryl methyl sites for hydroxylation is 2. The number of thiophene rings is 1. The predicted molar refractivity (Wildman–Crippen MR) is 106 cm³/mol. The quantitative estimate of drug-likeness (QED) is 0.356. The highest BCUT2D eigenvalue weighted by atomic mass is 32.2. The van der Waals surface area contributed by atoms with Crippen LogP contribution in [0.5, 0.6) is 0 Å². The monoisotopic (exact) mass is 387 g/mol. The van der Waals surface area contributed by atoms with Crippen LogP contribution in [0.25, 0.3) is 20.4 Å². The molecule has 1 aliphatic rings. The third-order valence-corrected chi connectivity index (χ3v) is 7.02. The van der Waals surface area contributed by atoms with E-state index in [1.165, 1.54) is 60.3 Å². The zero-order valence-corrected chi connectivity index (χ0v) is 16.6. The van der Waals surface area contributed by atoms with Crippen LogP contribution in [-0.2, 0) is 28.8 Å². The molecule has 0 fully saturated rings. The molecule has 0 aromatic carbocycles. The summed E-state index contributed by atoms with van der Waals surface area (Å²) in [6.45, 7) is 2.22. The summed E-state index contributed by atoms with van der Waals surface area (Å²) in [5.74, 6) is 0.00758. The largest absolute Gasteiger partial charge is 0.468 e. The second-order valence-electron chi connectivity index (χ2n) is 6.48. The van der Waals surface area contributed by atoms with Crippen LogP contribution in [-0.4, -0.2) is 33.8 Å². The van der Waals surface area contributed by atoms with E-state index in [1.54, 1.807) is 17.7 Å². The van der Waals surface area contributed by atoms with Crippen molar-refractivity contribution < 1.29 is 9.53 Å². The van der Waals surface area contributed by atoms with Crippen molar-refractivity contribution in [2.75, 3.05) is 12.9 Å². The van der Waals surface area contributed by atoms with Gasteiger partial charge in [0, 0.05) is 11.1 Å². The minimum absolute atomic E-state index is 0.247. The standard InChI is InChI=1S/C19H21N3O2S2/c1-3-4-8-13-11-6-5-7-12(11)15-16-17(26-18(15)22-13)19(21-10-20-16)25-9-14(23)24-2/h10H,3-9H2,1-2H3. The van der Waals surface area contributed by atoms with E-state index in [9.17, 15) is 4.79 Å². The normalized spacial score (nSPS) is 13.5. The van der Waals surface area contributed by atoms with Gasteiger partial charge in [0.25, 0.3) is 0 Å². The fraction of sp³-hybridized carbons (Fsp3) is 0.474. The number of hydrogen-bond acceptors (Lipinski definition) is 7. The summed E-state index contributed by atoms with van der Waals surface area (Å²) < 4.78 is 5.78. The first-order valence-electron chi connectivity index (χ1n) is 9.00. The Kier molecular flexibility index (Phi) is 5.09. The third-order valence-electron chi connectivity index (χ3n) is 4.85. The van der Waals surface area contributed by atoms with Crippen LogP contribution in [0.15, 0.2) is 11.4 Å². The van der Waals surface area contributed by atoms with E-state index < -0.39 is 0 Å². The van der Waals surface area contributed by atoms with Crippen LogP contribution in [0.1, 0.15) is 43.0 Å². The highest BCUT2D eigenvalue weighted by Gasteiger charge is 2.24. The van der Waals surface area contributed by atoms with Crippen molar-refractivity contribution in [2.45, 2.75) is 50.5 Å². The average Bonchev–Trinajstić information content (AvgIpc) is 3.28. The van der Waals surface area contributed by atoms with Gasteiger partial charge in [-0.1, -0.05) is 25.1 Å². The van der Waals surface area contributed by atoms with Gasteiger partial charge in [-0.2, -0.15) is 0 Å². The van der Waals surface area contributed by atoms with Crippen LogP contribution in [0.3, 0.4) is 0 Å². The van der Waals surface area contributed by atoms with E-state index in [0.29, 0.717) is 0 Å². The van der Waals surface area contributed by atoms with Crippen molar-refractivity contribution in [1.82, 2.24) is 15.0 Å². The molecule has 1 aliphatic carbocycles. The van der Waals surface area contributed by atoms with Gasteiger partial charge in [0.05, 0.1) is 23.1 Å². The number of nitrogens with zero attached hydrogens (tertiary/aromatic N) is 3. The number of carbonyl (C=O) groups excluding carboxylic acids is 1. The molecule has 0 unspecified atom stereocenters. The SMILES string of the molecule is CCCCc1nc2sc3c(SCC(=O)OC)ncnc3c2c2c1CCC2. The van der Waals surface area contributed by atoms with E-state index in [2.05, 4.69) is 16.9 Å². The van der Waals surface area contributed by atoms with Gasteiger partial charge in [-0.15, -0.1) is 11.3 Å². The summed E-state index contributed by atoms with van der Waals surface area (Å²) in [5, 5.41) is 2.05. The maximum absolute atomic E-state index is 11.5. The Balaban J connectivity index is 1.85. The molecule has 3 aromatic heterocycles. The number of fused-ring (bicyclic) bond motifs is 5. The number of unbranched alkanes of at least 4 members (excludes halogenated alkanes) is 1. The number of rotatable bonds is 6. The molecule has 26 heavy (non-hydrogen) atoms. The summed E-state index contributed by atoms with van der Waals surface area (Å²) in [6, 6.07) is 0. The van der Waals surface area contributed by atoms with Crippen molar-refractivity contribution >= 4 is 49.5 Å². The minimum Gasteiger partial charge on any atom is -0.468 e. The number of methoxy groups -OCH3 is 1. The van der Waals surface area contributed by atoms with Gasteiger partial charge in [-0.3, -0.25) is 4.79 Å². The lowest BCUT2D eigenvalue weighted by Crippen LogP contribution is -2.03. The Hall–Kier alpha value is -1.73. The molecule has 0 saturated heterocycles. The Morgan fingerprint density at radius 3 is 2.96 bits per heavy atom. The molecule has 3 heterocycles. The van der Waals surface area contributed by atoms with Gasteiger partial charge in [-0.05, 0) is 43.2 Å². The van der Waals surface area contributed by atoms with Crippen LogP contribution < -0.4 is 0 Å². The molecule has 3 aromatic rings. The van der Waals surface area contributed by atoms with Crippen molar-refractivity contribution in [3.05, 3.63) is 23.1 Å². The summed E-state index contributed by atoms with van der Waals surface area (Å²) in [7, 11) is 1.41. The third kappa shape index (κ3) is 3.07. The molecular weight excluding hydrogens is 366 g/mol. The van der Waals surface area contributed by atoms with Crippen LogP contribution in [0.2, 0.25) is 0 Å². The van der Waals surface area contributed by atoms with Crippen molar-refractivity contribution in [2.24, 2.45) is 0 Å². The lowest BCUT2D eigenvalue weighted by Gasteiger charge is -2.08. The molecular formula is C19H21N3O2S2. The van der Waals surface area contributed by atoms with Gasteiger partial charge in [0.15, 0.2) is 0 Å². The summed E-state index contributed by atoms with van der Waals surface area (Å²) in [6.07, 6.45) is 8.44. The van der Waals surface area contributed by atoms with Crippen LogP contribution in [0, 0.1) is 0 Å². The maximum atomic E-state index is 11.5. The lowest BCUT2D eigenvalue weighted by molar-refractivity contribution is -0.137. The van der Waals surface area contributed by atoms with E-state index >= 15 is 0 Å². The zero-order chi connectivity index (χ0) is 18.1. The van der Waals surface area contributed by atoms with E-state index in [-0.39, 0.29) is 11.7 Å². The molecule has 0 aliphatic heterocycles. The molecule has 0 spiro atoms. The lowest BCUT2D eigenvalue weighted by atomic mass is 10.0. The molecule has 0 radical (unpaired) electrons. The van der Waals surface area contributed by atoms with Gasteiger partial charge < -0.3 is 4.74 Å². The summed E-state index contributed by atoms with van der Waals surface area (Å²) in [4.78, 5) is 26.6. The number of carbonyl (C=O) groups is 1. The first-order valence-corrected chi connectivity index (χ1v) is 10.8. The number of pyridine rings is 1. The summed E-state index contributed by atoms with van der Waals surface area (Å²) in [5.41, 5.74) is 5.15. The topological polar surface area (TPSA) is 65.0 Å². The Labute approximate surface area is 160 Å². The van der Waals surface area contributed by atoms with Gasteiger partial charge in [0.2, 0.25) is 0 Å². The number of hydrogen-bond donors (Lipinski definition) is 0. The molecule has 0 N–H and O–H groups in total. The first-order chi connectivity index (χ1) is 12.7. The highest BCUT2D eigenvalue weighted by Crippen LogP contribution is 2.42. The molecule has 0 amide bonds. The zero-order valence-electron chi connectivity index (χ0n) is 15.0. The summed E-state index contributed by atoms with van der Waals surface area (Å²) >= 11 is 3.06. The average molecular weight is 388 g/mol. The number of aromatic nitrogens is 3. The molecule has 7 heteroatoms. The maximum Gasteiger partial charge on any atom is 0.316 e. The second kappa shape index (κ2) is 7.48. The Morgan fingerprint density at radius 1 is 1.31 bits per heavy atom. The van der Waals surface area contributed by atoms with Crippen LogP contribution >= 0.6 is 23.1 Å². The molecule has 0 bridgehead atoms. The predicted octanol–water partition coefficient (Wildman–Crippen LogP) is 4.34. The van der Waals surface area contributed by atoms with Crippen LogP contribution in [0.4, 0.5) is 0 Å². The minimum atomic E-state index is -0.247. The van der Waals surface area contributed by atoms with Crippen molar-refractivity contribution in [3.8, 4) is 0 Å². The van der Waals surface area contributed by atoms with Gasteiger partial charge >= 0.3 is 5.97 Å². The van der Waals surface area contributed by atoms with E-state index in [1.807, 2.05) is 0 Å². The number of thioether (sulfide) groups is 1. The van der Waals surface area contributed by atoms with E-state index in [4.69, 9.17) is 9.72 Å². The molecule has 0 saturated carbocycles. The van der Waals surface area contributed by atoms with Crippen molar-refractivity contribution in [1.29, 1.82) is 0 Å². The fourth-order valence-electron chi connectivity index (χ4n) is 3.60. The highest BCUT2D eigenvalue weighted by molar-refractivity contribution is 8.00. The molecule has 0 atom stereocenters. The molecule has 5 nitrogen and oxygen atoms in total. The van der Waals surface area contributed by atoms with E-state index in [0.717, 1.165) is 39.3 Å². The van der Waals surface area contributed by atoms with Gasteiger partial charge in [-0.25, -0.2) is 15.0 Å². The Bertz CT molecular complexity index is 984. The second-order valence-corrected chi connectivity index (χ2v) is 8.44. The number of ether oxygens (including phenoxy) is 1. The fourth-order valence-corrected chi connectivity index (χ4v) is 5.68. The molecule has 4 rings (SSSR count). The van der Waals surface area contributed by atoms with Crippen molar-refractivity contribution in [3.63, 3.8) is 0 Å². The smallest absolute Gasteiger partial charge is 0.316 e. The first kappa shape index (κ1) is 17.7. The Morgan fingerprint density at radius 2 is 2.15 bits per heavy atom.